The fourth-order valence-corrected chi connectivity index (χ4v) is 3.54. The van der Waals surface area contributed by atoms with Crippen LogP contribution in [0.4, 0.5) is 0 Å². The molecule has 2 heterocycles. The van der Waals surface area contributed by atoms with Crippen molar-refractivity contribution in [3.63, 3.8) is 0 Å². The van der Waals surface area contributed by atoms with E-state index in [0.29, 0.717) is 34.0 Å². The molecule has 0 saturated heterocycles. The van der Waals surface area contributed by atoms with Crippen LogP contribution >= 0.6 is 23.4 Å². The van der Waals surface area contributed by atoms with Gasteiger partial charge in [-0.1, -0.05) is 12.1 Å². The highest BCUT2D eigenvalue weighted by molar-refractivity contribution is 7.98. The number of esters is 1. The number of carbonyl (C=O) groups excluding carboxylic acids is 1. The number of thioether (sulfide) groups is 1. The van der Waals surface area contributed by atoms with Crippen molar-refractivity contribution in [2.45, 2.75) is 17.6 Å². The van der Waals surface area contributed by atoms with Gasteiger partial charge in [0.05, 0.1) is 24.1 Å². The minimum Gasteiger partial charge on any atom is -0.497 e. The first kappa shape index (κ1) is 16.8. The third kappa shape index (κ3) is 3.39. The van der Waals surface area contributed by atoms with E-state index in [9.17, 15) is 4.79 Å². The molecule has 0 aliphatic heterocycles. The number of methoxy groups -OCH3 is 1. The molecule has 2 aromatic heterocycles. The summed E-state index contributed by atoms with van der Waals surface area (Å²) in [7, 11) is 1.63. The Labute approximate surface area is 148 Å². The zero-order chi connectivity index (χ0) is 17.1. The van der Waals surface area contributed by atoms with Gasteiger partial charge in [-0.3, -0.25) is 0 Å². The zero-order valence-corrected chi connectivity index (χ0v) is 14.8. The molecule has 0 spiro atoms. The minimum atomic E-state index is -0.405. The monoisotopic (exact) mass is 365 g/mol. The predicted octanol–water partition coefficient (Wildman–Crippen LogP) is 4.89. The first-order valence-corrected chi connectivity index (χ1v) is 8.72. The molecule has 0 radical (unpaired) electrons. The Bertz CT molecular complexity index is 853. The maximum absolute atomic E-state index is 12.2. The standard InChI is InChI=1S/C17H16ClNO4S/c1-3-22-17(20)14-16(15-12(19-14)8-13(18)23-15)24-9-10-4-6-11(21-2)7-5-10/h4-8,19H,3,9H2,1-2H3. The lowest BCUT2D eigenvalue weighted by Crippen LogP contribution is -2.06. The number of halogens is 1. The number of H-pyrrole nitrogens is 1. The number of benzene rings is 1. The highest BCUT2D eigenvalue weighted by Crippen LogP contribution is 2.37. The van der Waals surface area contributed by atoms with Gasteiger partial charge in [0.15, 0.2) is 10.8 Å². The zero-order valence-electron chi connectivity index (χ0n) is 13.2. The molecule has 0 fully saturated rings. The molecule has 0 unspecified atom stereocenters. The number of carbonyl (C=O) groups is 1. The first-order valence-electron chi connectivity index (χ1n) is 7.36. The number of aromatic amines is 1. The molecule has 0 aliphatic carbocycles. The largest absolute Gasteiger partial charge is 0.497 e. The van der Waals surface area contributed by atoms with Crippen LogP contribution in [0, 0.1) is 0 Å². The number of aromatic nitrogens is 1. The maximum atomic E-state index is 12.2. The molecule has 3 rings (SSSR count). The van der Waals surface area contributed by atoms with Gasteiger partial charge < -0.3 is 18.9 Å². The van der Waals surface area contributed by atoms with E-state index in [4.69, 9.17) is 25.5 Å². The summed E-state index contributed by atoms with van der Waals surface area (Å²) in [5.74, 6) is 1.07. The van der Waals surface area contributed by atoms with Crippen LogP contribution in [-0.2, 0) is 10.5 Å². The van der Waals surface area contributed by atoms with Crippen molar-refractivity contribution in [1.82, 2.24) is 4.98 Å². The number of rotatable bonds is 6. The van der Waals surface area contributed by atoms with Crippen molar-refractivity contribution >= 4 is 40.4 Å². The summed E-state index contributed by atoms with van der Waals surface area (Å²) in [6, 6.07) is 9.41. The van der Waals surface area contributed by atoms with E-state index in [1.54, 1.807) is 20.1 Å². The molecule has 24 heavy (non-hydrogen) atoms. The van der Waals surface area contributed by atoms with Gasteiger partial charge in [0.1, 0.15) is 11.4 Å². The normalized spacial score (nSPS) is 11.0. The smallest absolute Gasteiger partial charge is 0.356 e. The van der Waals surface area contributed by atoms with Crippen molar-refractivity contribution in [1.29, 1.82) is 0 Å². The Balaban J connectivity index is 1.87. The van der Waals surface area contributed by atoms with Gasteiger partial charge in [-0.2, -0.15) is 0 Å². The third-order valence-corrected chi connectivity index (χ3v) is 4.76. The second-order valence-corrected chi connectivity index (χ2v) is 6.34. The molecule has 3 aromatic rings. The fourth-order valence-electron chi connectivity index (χ4n) is 2.29. The van der Waals surface area contributed by atoms with E-state index in [1.807, 2.05) is 24.3 Å². The lowest BCUT2D eigenvalue weighted by atomic mass is 10.2. The van der Waals surface area contributed by atoms with Crippen molar-refractivity contribution in [3.8, 4) is 5.75 Å². The molecule has 0 bridgehead atoms. The highest BCUT2D eigenvalue weighted by Gasteiger charge is 2.22. The molecule has 0 amide bonds. The van der Waals surface area contributed by atoms with Gasteiger partial charge in [0, 0.05) is 11.8 Å². The van der Waals surface area contributed by atoms with Crippen LogP contribution < -0.4 is 4.74 Å². The van der Waals surface area contributed by atoms with Gasteiger partial charge in [0.2, 0.25) is 0 Å². The average Bonchev–Trinajstić information content (AvgIpc) is 3.10. The molecule has 126 valence electrons. The van der Waals surface area contributed by atoms with Crippen molar-refractivity contribution in [2.75, 3.05) is 13.7 Å². The first-order chi connectivity index (χ1) is 11.6. The maximum Gasteiger partial charge on any atom is 0.356 e. The van der Waals surface area contributed by atoms with Gasteiger partial charge in [0.25, 0.3) is 0 Å². The number of ether oxygens (including phenoxy) is 2. The quantitative estimate of drug-likeness (QED) is 0.497. The van der Waals surface area contributed by atoms with Crippen molar-refractivity contribution < 1.29 is 18.7 Å². The van der Waals surface area contributed by atoms with Crippen LogP contribution in [0.5, 0.6) is 5.75 Å². The summed E-state index contributed by atoms with van der Waals surface area (Å²) in [5, 5.41) is 0.276. The second-order valence-electron chi connectivity index (χ2n) is 4.98. The Morgan fingerprint density at radius 3 is 2.75 bits per heavy atom. The summed E-state index contributed by atoms with van der Waals surface area (Å²) in [6.45, 7) is 2.08. The Kier molecular flexibility index (Phi) is 5.06. The topological polar surface area (TPSA) is 64.5 Å². The number of nitrogens with one attached hydrogen (secondary N) is 1. The Morgan fingerprint density at radius 1 is 1.33 bits per heavy atom. The van der Waals surface area contributed by atoms with Crippen molar-refractivity contribution in [3.05, 3.63) is 46.8 Å². The van der Waals surface area contributed by atoms with E-state index < -0.39 is 5.97 Å². The van der Waals surface area contributed by atoms with Crippen LogP contribution in [0.3, 0.4) is 0 Å². The van der Waals surface area contributed by atoms with Gasteiger partial charge in [-0.15, -0.1) is 11.8 Å². The second kappa shape index (κ2) is 7.23. The van der Waals surface area contributed by atoms with Gasteiger partial charge in [-0.05, 0) is 36.2 Å². The third-order valence-electron chi connectivity index (χ3n) is 3.42. The summed E-state index contributed by atoms with van der Waals surface area (Å²) in [4.78, 5) is 15.9. The molecule has 1 aromatic carbocycles. The van der Waals surface area contributed by atoms with Gasteiger partial charge >= 0.3 is 5.97 Å². The van der Waals surface area contributed by atoms with Crippen LogP contribution in [-0.4, -0.2) is 24.7 Å². The Morgan fingerprint density at radius 2 is 2.08 bits per heavy atom. The highest BCUT2D eigenvalue weighted by atomic mass is 35.5. The average molecular weight is 366 g/mol. The molecule has 0 saturated carbocycles. The molecule has 1 N–H and O–H groups in total. The van der Waals surface area contributed by atoms with E-state index in [2.05, 4.69) is 4.98 Å². The number of furan rings is 1. The number of hydrogen-bond donors (Lipinski definition) is 1. The molecule has 0 atom stereocenters. The van der Waals surface area contributed by atoms with Gasteiger partial charge in [-0.25, -0.2) is 4.79 Å². The molecule has 5 nitrogen and oxygen atoms in total. The lowest BCUT2D eigenvalue weighted by Gasteiger charge is -2.05. The van der Waals surface area contributed by atoms with Crippen LogP contribution in [0.1, 0.15) is 23.0 Å². The van der Waals surface area contributed by atoms with Crippen molar-refractivity contribution in [2.24, 2.45) is 0 Å². The molecule has 7 heteroatoms. The SMILES string of the molecule is CCOC(=O)c1[nH]c2cc(Cl)oc2c1SCc1ccc(OC)cc1. The number of fused-ring (bicyclic) bond motifs is 1. The summed E-state index contributed by atoms with van der Waals surface area (Å²) < 4.78 is 15.8. The van der Waals surface area contributed by atoms with E-state index in [1.165, 1.54) is 11.8 Å². The molecular formula is C17H16ClNO4S. The summed E-state index contributed by atoms with van der Waals surface area (Å²) in [5.41, 5.74) is 2.74. The van der Waals surface area contributed by atoms with Crippen LogP contribution in [0.25, 0.3) is 11.1 Å². The van der Waals surface area contributed by atoms with E-state index in [0.717, 1.165) is 11.3 Å². The van der Waals surface area contributed by atoms with Crippen LogP contribution in [0.15, 0.2) is 39.6 Å². The summed E-state index contributed by atoms with van der Waals surface area (Å²) >= 11 is 7.41. The van der Waals surface area contributed by atoms with E-state index in [-0.39, 0.29) is 5.22 Å². The number of hydrogen-bond acceptors (Lipinski definition) is 5. The Hall–Kier alpha value is -2.05. The minimum absolute atomic E-state index is 0.276. The predicted molar refractivity (Wildman–Crippen MR) is 94.1 cm³/mol. The lowest BCUT2D eigenvalue weighted by molar-refractivity contribution is 0.0516. The molecule has 0 aliphatic rings. The fraction of sp³-hybridized carbons (Fsp3) is 0.235. The van der Waals surface area contributed by atoms with E-state index >= 15 is 0 Å². The summed E-state index contributed by atoms with van der Waals surface area (Å²) in [6.07, 6.45) is 0. The molecular weight excluding hydrogens is 350 g/mol. The van der Waals surface area contributed by atoms with Crippen LogP contribution in [0.2, 0.25) is 5.22 Å².